The number of H-pyrrole nitrogens is 1. The van der Waals surface area contributed by atoms with Crippen molar-refractivity contribution >= 4 is 34.8 Å². The molecular weight excluding hydrogens is 242 g/mol. The largest absolute Gasteiger partial charge is 0.310 e. The molecule has 0 aromatic carbocycles. The molecule has 2 aromatic rings. The van der Waals surface area contributed by atoms with Gasteiger partial charge in [0.1, 0.15) is 5.82 Å². The molecule has 2 N–H and O–H groups in total. The molecule has 3 heterocycles. The third-order valence-corrected chi connectivity index (χ3v) is 4.75. The van der Waals surface area contributed by atoms with Crippen molar-refractivity contribution in [2.75, 3.05) is 11.1 Å². The Morgan fingerprint density at radius 1 is 1.50 bits per heavy atom. The standard InChI is InChI=1S/C10H9N3OS2/c14-8-5-16-9(7-2-1-3-15-7)6-4-11-13-10(6)12-8/h1-4,9H,5H2,(H2,11,12,13,14)/t9-/m1/s1. The van der Waals surface area contributed by atoms with Gasteiger partial charge in [0.05, 0.1) is 17.2 Å². The van der Waals surface area contributed by atoms with Gasteiger partial charge in [0.15, 0.2) is 0 Å². The molecule has 82 valence electrons. The zero-order chi connectivity index (χ0) is 11.0. The van der Waals surface area contributed by atoms with Gasteiger partial charge in [0.2, 0.25) is 5.91 Å². The van der Waals surface area contributed by atoms with Crippen LogP contribution in [0.1, 0.15) is 15.7 Å². The van der Waals surface area contributed by atoms with Gasteiger partial charge >= 0.3 is 0 Å². The monoisotopic (exact) mass is 251 g/mol. The summed E-state index contributed by atoms with van der Waals surface area (Å²) >= 11 is 3.34. The molecule has 0 saturated carbocycles. The number of hydrogen-bond donors (Lipinski definition) is 2. The first-order chi connectivity index (χ1) is 7.84. The van der Waals surface area contributed by atoms with E-state index in [0.29, 0.717) is 5.75 Å². The Morgan fingerprint density at radius 3 is 3.25 bits per heavy atom. The molecule has 3 rings (SSSR count). The Morgan fingerprint density at radius 2 is 2.44 bits per heavy atom. The highest BCUT2D eigenvalue weighted by atomic mass is 32.2. The number of nitrogens with zero attached hydrogens (tertiary/aromatic N) is 1. The number of aromatic nitrogens is 2. The summed E-state index contributed by atoms with van der Waals surface area (Å²) in [4.78, 5) is 12.7. The van der Waals surface area contributed by atoms with Crippen LogP contribution in [0.4, 0.5) is 5.82 Å². The van der Waals surface area contributed by atoms with E-state index in [2.05, 4.69) is 27.0 Å². The normalized spacial score (nSPS) is 20.0. The Kier molecular flexibility index (Phi) is 2.45. The molecule has 0 saturated heterocycles. The van der Waals surface area contributed by atoms with Crippen LogP contribution >= 0.6 is 23.1 Å². The van der Waals surface area contributed by atoms with E-state index in [9.17, 15) is 4.79 Å². The first-order valence-corrected chi connectivity index (χ1v) is 6.75. The SMILES string of the molecule is O=C1CS[C@@H](c2cccs2)c2cn[nH]c2N1. The summed E-state index contributed by atoms with van der Waals surface area (Å²) in [5.41, 5.74) is 1.05. The Balaban J connectivity index is 2.05. The number of carbonyl (C=O) groups excluding carboxylic acids is 1. The Hall–Kier alpha value is -1.27. The van der Waals surface area contributed by atoms with Crippen molar-refractivity contribution in [1.29, 1.82) is 0 Å². The molecule has 0 unspecified atom stereocenters. The average Bonchev–Trinajstić information content (AvgIpc) is 2.89. The lowest BCUT2D eigenvalue weighted by Gasteiger charge is -2.10. The van der Waals surface area contributed by atoms with Gasteiger partial charge in [0, 0.05) is 10.4 Å². The molecule has 0 spiro atoms. The lowest BCUT2D eigenvalue weighted by molar-refractivity contribution is -0.113. The molecule has 0 fully saturated rings. The van der Waals surface area contributed by atoms with Gasteiger partial charge in [-0.2, -0.15) is 5.10 Å². The first-order valence-electron chi connectivity index (χ1n) is 4.83. The minimum atomic E-state index is 0.0227. The molecule has 0 bridgehead atoms. The summed E-state index contributed by atoms with van der Waals surface area (Å²) in [5.74, 6) is 1.23. The second-order valence-corrected chi connectivity index (χ2v) is 5.53. The van der Waals surface area contributed by atoms with Crippen LogP contribution in [0.25, 0.3) is 0 Å². The predicted molar refractivity (Wildman–Crippen MR) is 65.8 cm³/mol. The van der Waals surface area contributed by atoms with Gasteiger partial charge < -0.3 is 5.32 Å². The molecule has 0 radical (unpaired) electrons. The van der Waals surface area contributed by atoms with Crippen LogP contribution in [0.15, 0.2) is 23.7 Å². The van der Waals surface area contributed by atoms with E-state index in [-0.39, 0.29) is 11.2 Å². The number of anilines is 1. The number of thioether (sulfide) groups is 1. The van der Waals surface area contributed by atoms with Gasteiger partial charge in [-0.1, -0.05) is 6.07 Å². The van der Waals surface area contributed by atoms with E-state index in [0.717, 1.165) is 11.4 Å². The maximum absolute atomic E-state index is 11.5. The van der Waals surface area contributed by atoms with E-state index in [1.165, 1.54) is 4.88 Å². The summed E-state index contributed by atoms with van der Waals surface area (Å²) < 4.78 is 0. The van der Waals surface area contributed by atoms with Crippen LogP contribution in [0.5, 0.6) is 0 Å². The smallest absolute Gasteiger partial charge is 0.235 e. The van der Waals surface area contributed by atoms with E-state index >= 15 is 0 Å². The highest BCUT2D eigenvalue weighted by Gasteiger charge is 2.25. The Labute approximate surface area is 100 Å². The number of amides is 1. The maximum atomic E-state index is 11.5. The van der Waals surface area contributed by atoms with Crippen LogP contribution in [-0.4, -0.2) is 21.9 Å². The van der Waals surface area contributed by atoms with Crippen molar-refractivity contribution in [2.24, 2.45) is 0 Å². The van der Waals surface area contributed by atoms with Gasteiger partial charge in [-0.25, -0.2) is 0 Å². The third kappa shape index (κ3) is 1.64. The second-order valence-electron chi connectivity index (χ2n) is 3.45. The van der Waals surface area contributed by atoms with Gasteiger partial charge in [-0.15, -0.1) is 23.1 Å². The quantitative estimate of drug-likeness (QED) is 0.817. The van der Waals surface area contributed by atoms with E-state index in [1.54, 1.807) is 29.3 Å². The van der Waals surface area contributed by atoms with Gasteiger partial charge in [-0.3, -0.25) is 9.89 Å². The molecule has 2 aromatic heterocycles. The second kappa shape index (κ2) is 3.95. The van der Waals surface area contributed by atoms with E-state index in [1.807, 2.05) is 6.07 Å². The molecule has 1 atom stereocenters. The molecule has 4 nitrogen and oxygen atoms in total. The highest BCUT2D eigenvalue weighted by molar-refractivity contribution is 8.00. The third-order valence-electron chi connectivity index (χ3n) is 2.40. The first kappa shape index (κ1) is 9.92. The topological polar surface area (TPSA) is 57.8 Å². The molecular formula is C10H9N3OS2. The summed E-state index contributed by atoms with van der Waals surface area (Å²) in [7, 11) is 0. The van der Waals surface area contributed by atoms with E-state index < -0.39 is 0 Å². The predicted octanol–water partition coefficient (Wildman–Crippen LogP) is 2.25. The number of rotatable bonds is 1. The molecule has 1 aliphatic rings. The van der Waals surface area contributed by atoms with E-state index in [4.69, 9.17) is 0 Å². The number of aromatic amines is 1. The van der Waals surface area contributed by atoms with Crippen molar-refractivity contribution in [3.63, 3.8) is 0 Å². The van der Waals surface area contributed by atoms with Crippen LogP contribution in [0, 0.1) is 0 Å². The molecule has 16 heavy (non-hydrogen) atoms. The molecule has 1 amide bonds. The molecule has 6 heteroatoms. The zero-order valence-electron chi connectivity index (χ0n) is 8.27. The molecule has 1 aliphatic heterocycles. The maximum Gasteiger partial charge on any atom is 0.235 e. The van der Waals surface area contributed by atoms with Crippen molar-refractivity contribution in [1.82, 2.24) is 10.2 Å². The van der Waals surface area contributed by atoms with Gasteiger partial charge in [0.25, 0.3) is 0 Å². The Bertz CT molecular complexity index is 506. The number of thiophene rings is 1. The van der Waals surface area contributed by atoms with Gasteiger partial charge in [-0.05, 0) is 11.4 Å². The summed E-state index contributed by atoms with van der Waals surface area (Å²) in [6.07, 6.45) is 1.79. The van der Waals surface area contributed by atoms with Crippen molar-refractivity contribution in [3.05, 3.63) is 34.2 Å². The fourth-order valence-corrected chi connectivity index (χ4v) is 3.78. The number of carbonyl (C=O) groups is 1. The minimum absolute atomic E-state index is 0.0227. The van der Waals surface area contributed by atoms with Crippen LogP contribution in [-0.2, 0) is 4.79 Å². The fraction of sp³-hybridized carbons (Fsp3) is 0.200. The lowest BCUT2D eigenvalue weighted by Crippen LogP contribution is -2.12. The summed E-state index contributed by atoms with van der Waals surface area (Å²) in [6, 6.07) is 4.12. The molecule has 0 aliphatic carbocycles. The van der Waals surface area contributed by atoms with Crippen molar-refractivity contribution in [3.8, 4) is 0 Å². The zero-order valence-corrected chi connectivity index (χ0v) is 9.90. The number of nitrogens with one attached hydrogen (secondary N) is 2. The van der Waals surface area contributed by atoms with Crippen LogP contribution < -0.4 is 5.32 Å². The fourth-order valence-electron chi connectivity index (χ4n) is 1.69. The van der Waals surface area contributed by atoms with Crippen molar-refractivity contribution in [2.45, 2.75) is 5.25 Å². The number of fused-ring (bicyclic) bond motifs is 1. The van der Waals surface area contributed by atoms with Crippen LogP contribution in [0.3, 0.4) is 0 Å². The average molecular weight is 251 g/mol. The lowest BCUT2D eigenvalue weighted by atomic mass is 10.2. The van der Waals surface area contributed by atoms with Crippen LogP contribution in [0.2, 0.25) is 0 Å². The number of hydrogen-bond acceptors (Lipinski definition) is 4. The summed E-state index contributed by atoms with van der Waals surface area (Å²) in [5, 5.41) is 11.9. The highest BCUT2D eigenvalue weighted by Crippen LogP contribution is 2.41. The minimum Gasteiger partial charge on any atom is -0.310 e. The summed E-state index contributed by atoms with van der Waals surface area (Å²) in [6.45, 7) is 0. The van der Waals surface area contributed by atoms with Crippen molar-refractivity contribution < 1.29 is 4.79 Å².